The Kier molecular flexibility index (Phi) is 23.5. The molecular weight excluding hydrogens is 941 g/mol. The minimum atomic E-state index is -4.60. The number of hydrogen-bond acceptors (Lipinski definition) is 16. The van der Waals surface area contributed by atoms with Crippen molar-refractivity contribution in [2.45, 2.75) is 97.8 Å². The molecule has 4 aromatic rings. The van der Waals surface area contributed by atoms with Crippen LogP contribution >= 0.6 is 11.6 Å². The molecule has 6 rings (SSSR count). The molecule has 0 saturated carbocycles. The summed E-state index contributed by atoms with van der Waals surface area (Å²) in [5.41, 5.74) is 4.47. The van der Waals surface area contributed by atoms with Crippen LogP contribution in [0.4, 0.5) is 36.2 Å². The molecular formula is C51H74ClF3N10O6. The van der Waals surface area contributed by atoms with Crippen molar-refractivity contribution in [1.82, 2.24) is 20.6 Å². The van der Waals surface area contributed by atoms with E-state index in [1.807, 2.05) is 64.6 Å². The van der Waals surface area contributed by atoms with Gasteiger partial charge in [0.15, 0.2) is 0 Å². The number of halogens is 4. The van der Waals surface area contributed by atoms with Crippen LogP contribution in [0.3, 0.4) is 0 Å². The van der Waals surface area contributed by atoms with E-state index in [2.05, 4.69) is 31.6 Å². The Balaban J connectivity index is 0.000000298. The Morgan fingerprint density at radius 3 is 1.86 bits per heavy atom. The molecule has 20 heteroatoms. The molecule has 2 aromatic heterocycles. The first-order valence-corrected chi connectivity index (χ1v) is 24.6. The number of likely N-dealkylation sites (N-methyl/N-ethyl adjacent to an activating group) is 2. The molecule has 2 aromatic carbocycles. The second-order valence-corrected chi connectivity index (χ2v) is 18.0. The van der Waals surface area contributed by atoms with Crippen molar-refractivity contribution in [3.05, 3.63) is 70.2 Å². The molecule has 0 amide bonds. The Morgan fingerprint density at radius 1 is 0.803 bits per heavy atom. The molecule has 2 aliphatic rings. The molecule has 4 heterocycles. The van der Waals surface area contributed by atoms with E-state index in [1.165, 1.54) is 12.3 Å². The molecule has 2 atom stereocenters. The molecule has 2 saturated heterocycles. The van der Waals surface area contributed by atoms with E-state index in [1.54, 1.807) is 33.2 Å². The van der Waals surface area contributed by atoms with Crippen LogP contribution in [-0.4, -0.2) is 142 Å². The molecule has 16 nitrogen and oxygen atoms in total. The molecule has 71 heavy (non-hydrogen) atoms. The van der Waals surface area contributed by atoms with Gasteiger partial charge in [-0.15, -0.1) is 0 Å². The van der Waals surface area contributed by atoms with Gasteiger partial charge >= 0.3 is 6.18 Å². The molecule has 9 N–H and O–H groups in total. The van der Waals surface area contributed by atoms with Crippen LogP contribution in [0.15, 0.2) is 48.5 Å². The summed E-state index contributed by atoms with van der Waals surface area (Å²) in [6, 6.07) is 12.9. The van der Waals surface area contributed by atoms with E-state index in [4.69, 9.17) is 46.4 Å². The van der Waals surface area contributed by atoms with Gasteiger partial charge in [0.25, 0.3) is 0 Å². The Morgan fingerprint density at radius 2 is 1.32 bits per heavy atom. The van der Waals surface area contributed by atoms with Crippen LogP contribution in [-0.2, 0) is 15.7 Å². The molecule has 2 aliphatic heterocycles. The average molecular weight is 1020 g/mol. The zero-order valence-corrected chi connectivity index (χ0v) is 43.2. The number of aliphatic hydroxyl groups is 2. The maximum atomic E-state index is 13.7. The molecule has 0 radical (unpaired) electrons. The van der Waals surface area contributed by atoms with Gasteiger partial charge in [-0.2, -0.15) is 13.2 Å². The monoisotopic (exact) mass is 1010 g/mol. The third-order valence-electron chi connectivity index (χ3n) is 10.8. The van der Waals surface area contributed by atoms with Crippen molar-refractivity contribution in [3.63, 3.8) is 0 Å². The highest BCUT2D eigenvalue weighted by atomic mass is 35.5. The minimum absolute atomic E-state index is 0.0111. The minimum Gasteiger partial charge on any atom is -0.491 e. The van der Waals surface area contributed by atoms with E-state index in [0.717, 1.165) is 55.0 Å². The van der Waals surface area contributed by atoms with E-state index < -0.39 is 23.9 Å². The first kappa shape index (κ1) is 58.3. The maximum Gasteiger partial charge on any atom is 0.416 e. The lowest BCUT2D eigenvalue weighted by Gasteiger charge is -2.31. The molecule has 392 valence electrons. The fourth-order valence-corrected chi connectivity index (χ4v) is 7.89. The van der Waals surface area contributed by atoms with Crippen LogP contribution in [0.2, 0.25) is 5.02 Å². The van der Waals surface area contributed by atoms with Gasteiger partial charge in [-0.05, 0) is 110 Å². The maximum absolute atomic E-state index is 13.7. The van der Waals surface area contributed by atoms with Gasteiger partial charge in [0.05, 0.1) is 47.0 Å². The van der Waals surface area contributed by atoms with Gasteiger partial charge in [0, 0.05) is 91.3 Å². The third kappa shape index (κ3) is 18.1. The standard InChI is InChI=1S/C25H36ClN5O3.C24H32F3N5O3.C2H6/c1-15(2)29-25-24(16(3)27)23(30-19-5-7-33-8-6-19)12-22(31-25)17-9-18(26)11-21(10-17)34-14-20(32)13-28-4;1-15(2)30-23-20(12-28)22(32-4-6-34-7-5-32)11-21(31-23)16-8-17(24(25,26)27)10-19(9-16)35-14-18(33)13-29-3;1-2/h9-12,15,19-20,27-28,32H,5-8,13-14H2,1-4H3,(H2,29,30,31);8-12,15,18,28-29,33H,4-7,13-14H2,1-3H3,(H,30,31);1-2H3. The smallest absolute Gasteiger partial charge is 0.416 e. The number of nitrogens with one attached hydrogen (secondary N) is 7. The molecule has 2 fully saturated rings. The van der Waals surface area contributed by atoms with Crippen LogP contribution in [0.1, 0.15) is 78.0 Å². The number of benzene rings is 2. The van der Waals surface area contributed by atoms with Gasteiger partial charge in [0.2, 0.25) is 0 Å². The average Bonchev–Trinajstić information content (AvgIpc) is 3.33. The number of aromatic nitrogens is 2. The summed E-state index contributed by atoms with van der Waals surface area (Å²) in [4.78, 5) is 11.5. The highest BCUT2D eigenvalue weighted by Crippen LogP contribution is 2.39. The lowest BCUT2D eigenvalue weighted by molar-refractivity contribution is -0.137. The second-order valence-electron chi connectivity index (χ2n) is 17.5. The predicted octanol–water partition coefficient (Wildman–Crippen LogP) is 8.57. The summed E-state index contributed by atoms with van der Waals surface area (Å²) in [5.74, 6) is 1.61. The topological polar surface area (TPSA) is 214 Å². The normalized spacial score (nSPS) is 14.9. The summed E-state index contributed by atoms with van der Waals surface area (Å²) < 4.78 is 63.4. The zero-order chi connectivity index (χ0) is 52.3. The first-order valence-electron chi connectivity index (χ1n) is 24.2. The number of ether oxygens (including phenoxy) is 4. The summed E-state index contributed by atoms with van der Waals surface area (Å²) in [6.07, 6.45) is -3.08. The van der Waals surface area contributed by atoms with E-state index in [-0.39, 0.29) is 49.2 Å². The van der Waals surface area contributed by atoms with Crippen LogP contribution in [0.25, 0.3) is 22.5 Å². The number of rotatable bonds is 21. The number of anilines is 4. The van der Waals surface area contributed by atoms with Crippen molar-refractivity contribution in [2.24, 2.45) is 0 Å². The highest BCUT2D eigenvalue weighted by Gasteiger charge is 2.32. The predicted molar refractivity (Wildman–Crippen MR) is 280 cm³/mol. The van der Waals surface area contributed by atoms with Crippen LogP contribution in [0.5, 0.6) is 11.5 Å². The van der Waals surface area contributed by atoms with Gasteiger partial charge < -0.3 is 71.5 Å². The number of morpholine rings is 1. The van der Waals surface area contributed by atoms with Crippen LogP contribution < -0.4 is 41.0 Å². The van der Waals surface area contributed by atoms with Crippen molar-refractivity contribution in [3.8, 4) is 34.0 Å². The largest absolute Gasteiger partial charge is 0.491 e. The Bertz CT molecular complexity index is 2310. The fraction of sp³-hybridized carbons (Fsp3) is 0.529. The molecule has 2 unspecified atom stereocenters. The lowest BCUT2D eigenvalue weighted by Crippen LogP contribution is -2.37. The Labute approximate surface area is 421 Å². The van der Waals surface area contributed by atoms with E-state index in [9.17, 15) is 23.4 Å². The lowest BCUT2D eigenvalue weighted by atomic mass is 10.0. The number of nitrogens with zero attached hydrogens (tertiary/aromatic N) is 3. The summed E-state index contributed by atoms with van der Waals surface area (Å²) in [7, 11) is 3.44. The number of hydrogen-bond donors (Lipinski definition) is 9. The zero-order valence-electron chi connectivity index (χ0n) is 42.4. The van der Waals surface area contributed by atoms with Gasteiger partial charge in [-0.25, -0.2) is 9.97 Å². The number of pyridine rings is 2. The summed E-state index contributed by atoms with van der Waals surface area (Å²) in [6.45, 7) is 18.0. The number of alkyl halides is 3. The quantitative estimate of drug-likeness (QED) is 0.0358. The third-order valence-corrected chi connectivity index (χ3v) is 11.0. The van der Waals surface area contributed by atoms with Crippen molar-refractivity contribution in [1.29, 1.82) is 10.8 Å². The van der Waals surface area contributed by atoms with E-state index in [0.29, 0.717) is 83.6 Å². The second kappa shape index (κ2) is 28.7. The van der Waals surface area contributed by atoms with Crippen molar-refractivity contribution < 1.29 is 42.3 Å². The fourth-order valence-electron chi connectivity index (χ4n) is 7.67. The van der Waals surface area contributed by atoms with Gasteiger partial charge in [-0.3, -0.25) is 0 Å². The Hall–Kier alpha value is -5.28. The van der Waals surface area contributed by atoms with E-state index >= 15 is 0 Å². The van der Waals surface area contributed by atoms with Gasteiger partial charge in [0.1, 0.15) is 48.6 Å². The molecule has 0 spiro atoms. The van der Waals surface area contributed by atoms with Crippen molar-refractivity contribution >= 4 is 46.5 Å². The summed E-state index contributed by atoms with van der Waals surface area (Å²) >= 11 is 6.42. The SMILES string of the molecule is CC.CNCC(O)COc1cc(-c2cc(N3CCOCC3)c(C=N)c(NC(C)C)n2)cc(C(F)(F)F)c1.CNCC(O)COc1cc(Cl)cc(-c2cc(NC3CCOCC3)c(C(C)=N)c(NC(C)C)n2)c1. The van der Waals surface area contributed by atoms with Gasteiger partial charge in [-0.1, -0.05) is 25.4 Å². The molecule has 0 bridgehead atoms. The number of aliphatic hydroxyl groups excluding tert-OH is 2. The van der Waals surface area contributed by atoms with Crippen LogP contribution in [0, 0.1) is 10.8 Å². The highest BCUT2D eigenvalue weighted by molar-refractivity contribution is 6.31. The van der Waals surface area contributed by atoms with Crippen molar-refractivity contribution in [2.75, 3.05) is 101 Å². The first-order chi connectivity index (χ1) is 33.9. The summed E-state index contributed by atoms with van der Waals surface area (Å²) in [5, 5.41) is 52.8. The molecule has 0 aliphatic carbocycles.